The number of halogens is 1. The molecule has 1 unspecified atom stereocenters. The van der Waals surface area contributed by atoms with Gasteiger partial charge in [0.25, 0.3) is 0 Å². The molecule has 1 aliphatic heterocycles. The van der Waals surface area contributed by atoms with Crippen LogP contribution in [-0.2, 0) is 9.53 Å². The molecule has 0 saturated carbocycles. The number of anilines is 1. The zero-order chi connectivity index (χ0) is 11.6. The second-order valence-electron chi connectivity index (χ2n) is 3.79. The number of benzene rings is 1. The molecule has 16 heavy (non-hydrogen) atoms. The van der Waals surface area contributed by atoms with E-state index in [0.717, 1.165) is 0 Å². The molecular formula is C11H12ClNO3. The van der Waals surface area contributed by atoms with E-state index in [2.05, 4.69) is 5.32 Å². The van der Waals surface area contributed by atoms with E-state index in [9.17, 15) is 9.90 Å². The summed E-state index contributed by atoms with van der Waals surface area (Å²) in [5.74, 6) is -0.912. The lowest BCUT2D eigenvalue weighted by atomic mass is 9.98. The smallest absolute Gasteiger partial charge is 0.331 e. The summed E-state index contributed by atoms with van der Waals surface area (Å²) in [5.41, 5.74) is -0.428. The number of carboxylic acid groups (broad SMARTS) is 1. The van der Waals surface area contributed by atoms with Gasteiger partial charge in [0.2, 0.25) is 0 Å². The molecule has 1 heterocycles. The van der Waals surface area contributed by atoms with E-state index in [1.54, 1.807) is 24.3 Å². The van der Waals surface area contributed by atoms with Gasteiger partial charge in [0.1, 0.15) is 0 Å². The van der Waals surface area contributed by atoms with Crippen LogP contribution in [0.25, 0.3) is 0 Å². The quantitative estimate of drug-likeness (QED) is 0.850. The minimum absolute atomic E-state index is 0.160. The van der Waals surface area contributed by atoms with E-state index >= 15 is 0 Å². The highest BCUT2D eigenvalue weighted by atomic mass is 35.5. The molecule has 0 aromatic heterocycles. The van der Waals surface area contributed by atoms with E-state index in [1.165, 1.54) is 0 Å². The van der Waals surface area contributed by atoms with Crippen molar-refractivity contribution in [2.24, 2.45) is 0 Å². The van der Waals surface area contributed by atoms with Crippen LogP contribution >= 0.6 is 11.6 Å². The van der Waals surface area contributed by atoms with Gasteiger partial charge in [-0.25, -0.2) is 4.79 Å². The van der Waals surface area contributed by atoms with Gasteiger partial charge in [0.15, 0.2) is 5.54 Å². The molecule has 0 spiro atoms. The topological polar surface area (TPSA) is 58.6 Å². The molecule has 0 aliphatic carbocycles. The summed E-state index contributed by atoms with van der Waals surface area (Å²) in [4.78, 5) is 11.3. The average Bonchev–Trinajstić information content (AvgIpc) is 2.71. The Morgan fingerprint density at radius 2 is 2.25 bits per heavy atom. The summed E-state index contributed by atoms with van der Waals surface area (Å²) in [6.45, 7) is 0.608. The molecule has 5 heteroatoms. The van der Waals surface area contributed by atoms with Crippen molar-refractivity contribution < 1.29 is 14.6 Å². The van der Waals surface area contributed by atoms with Crippen molar-refractivity contribution in [1.29, 1.82) is 0 Å². The first-order valence-corrected chi connectivity index (χ1v) is 5.36. The number of para-hydroxylation sites is 1. The minimum atomic E-state index is -1.05. The number of rotatable bonds is 3. The van der Waals surface area contributed by atoms with Crippen LogP contribution in [0.5, 0.6) is 0 Å². The van der Waals surface area contributed by atoms with Crippen molar-refractivity contribution >= 4 is 23.3 Å². The first kappa shape index (κ1) is 11.2. The fourth-order valence-corrected chi connectivity index (χ4v) is 1.89. The van der Waals surface area contributed by atoms with Gasteiger partial charge in [-0.2, -0.15) is 0 Å². The fraction of sp³-hybridized carbons (Fsp3) is 0.364. The van der Waals surface area contributed by atoms with Gasteiger partial charge in [-0.1, -0.05) is 23.7 Å². The lowest BCUT2D eigenvalue weighted by Gasteiger charge is -2.25. The average molecular weight is 242 g/mol. The van der Waals surface area contributed by atoms with E-state index in [1.807, 2.05) is 0 Å². The fourth-order valence-electron chi connectivity index (χ4n) is 1.71. The van der Waals surface area contributed by atoms with E-state index in [-0.39, 0.29) is 6.61 Å². The number of carboxylic acids is 1. The molecular weight excluding hydrogens is 230 g/mol. The Morgan fingerprint density at radius 3 is 2.81 bits per heavy atom. The highest BCUT2D eigenvalue weighted by Crippen LogP contribution is 2.29. The molecule has 4 nitrogen and oxygen atoms in total. The maximum atomic E-state index is 11.3. The third-order valence-electron chi connectivity index (χ3n) is 2.68. The van der Waals surface area contributed by atoms with E-state index in [4.69, 9.17) is 16.3 Å². The Morgan fingerprint density at radius 1 is 1.50 bits per heavy atom. The second kappa shape index (κ2) is 4.31. The first-order valence-electron chi connectivity index (χ1n) is 4.98. The Bertz CT molecular complexity index is 402. The molecule has 86 valence electrons. The zero-order valence-corrected chi connectivity index (χ0v) is 9.33. The summed E-state index contributed by atoms with van der Waals surface area (Å²) in [5, 5.41) is 12.7. The van der Waals surface area contributed by atoms with Crippen LogP contribution in [0.1, 0.15) is 6.42 Å². The molecule has 1 saturated heterocycles. The van der Waals surface area contributed by atoms with Crippen molar-refractivity contribution in [3.63, 3.8) is 0 Å². The standard InChI is InChI=1S/C11H12ClNO3/c12-8-3-1-2-4-9(8)13-11(10(14)15)5-6-16-7-11/h1-4,13H,5-7H2,(H,14,15). The van der Waals surface area contributed by atoms with Gasteiger partial charge in [-0.3, -0.25) is 0 Å². The SMILES string of the molecule is O=C(O)C1(Nc2ccccc2Cl)CCOC1. The third kappa shape index (κ3) is 1.99. The van der Waals surface area contributed by atoms with Crippen LogP contribution in [0.3, 0.4) is 0 Å². The number of ether oxygens (including phenoxy) is 1. The van der Waals surface area contributed by atoms with E-state index in [0.29, 0.717) is 23.7 Å². The Balaban J connectivity index is 2.25. The monoisotopic (exact) mass is 241 g/mol. The molecule has 2 N–H and O–H groups in total. The maximum absolute atomic E-state index is 11.3. The molecule has 1 aromatic rings. The number of hydrogen-bond donors (Lipinski definition) is 2. The molecule has 1 aromatic carbocycles. The molecule has 0 radical (unpaired) electrons. The van der Waals surface area contributed by atoms with Crippen molar-refractivity contribution in [2.45, 2.75) is 12.0 Å². The summed E-state index contributed by atoms with van der Waals surface area (Å²) < 4.78 is 5.15. The van der Waals surface area contributed by atoms with Gasteiger partial charge < -0.3 is 15.2 Å². The van der Waals surface area contributed by atoms with Gasteiger partial charge in [0.05, 0.1) is 17.3 Å². The van der Waals surface area contributed by atoms with Crippen molar-refractivity contribution in [3.05, 3.63) is 29.3 Å². The Labute approximate surface area is 98.2 Å². The predicted octanol–water partition coefficient (Wildman–Crippen LogP) is 2.00. The summed E-state index contributed by atoms with van der Waals surface area (Å²) >= 11 is 5.97. The molecule has 0 bridgehead atoms. The number of aliphatic carboxylic acids is 1. The summed E-state index contributed by atoms with van der Waals surface area (Å²) in [6, 6.07) is 7.08. The zero-order valence-electron chi connectivity index (χ0n) is 8.57. The lowest BCUT2D eigenvalue weighted by Crippen LogP contribution is -2.47. The van der Waals surface area contributed by atoms with E-state index < -0.39 is 11.5 Å². The number of hydrogen-bond acceptors (Lipinski definition) is 3. The largest absolute Gasteiger partial charge is 0.479 e. The predicted molar refractivity (Wildman–Crippen MR) is 60.9 cm³/mol. The molecule has 1 fully saturated rings. The minimum Gasteiger partial charge on any atom is -0.479 e. The van der Waals surface area contributed by atoms with Gasteiger partial charge in [-0.15, -0.1) is 0 Å². The van der Waals surface area contributed by atoms with Crippen LogP contribution in [0.2, 0.25) is 5.02 Å². The van der Waals surface area contributed by atoms with Crippen LogP contribution in [0, 0.1) is 0 Å². The maximum Gasteiger partial charge on any atom is 0.331 e. The first-order chi connectivity index (χ1) is 7.64. The molecule has 0 amide bonds. The van der Waals surface area contributed by atoms with Gasteiger partial charge >= 0.3 is 5.97 Å². The van der Waals surface area contributed by atoms with Gasteiger partial charge in [0, 0.05) is 13.0 Å². The second-order valence-corrected chi connectivity index (χ2v) is 4.20. The normalized spacial score (nSPS) is 24.3. The summed E-state index contributed by atoms with van der Waals surface area (Å²) in [7, 11) is 0. The summed E-state index contributed by atoms with van der Waals surface area (Å²) in [6.07, 6.45) is 0.438. The van der Waals surface area contributed by atoms with Crippen LogP contribution in [-0.4, -0.2) is 29.8 Å². The molecule has 2 rings (SSSR count). The number of carbonyl (C=O) groups is 1. The van der Waals surface area contributed by atoms with Crippen molar-refractivity contribution in [3.8, 4) is 0 Å². The highest BCUT2D eigenvalue weighted by molar-refractivity contribution is 6.33. The highest BCUT2D eigenvalue weighted by Gasteiger charge is 2.42. The van der Waals surface area contributed by atoms with Crippen LogP contribution in [0.4, 0.5) is 5.69 Å². The van der Waals surface area contributed by atoms with Crippen molar-refractivity contribution in [1.82, 2.24) is 0 Å². The molecule has 1 atom stereocenters. The Kier molecular flexibility index (Phi) is 3.03. The van der Waals surface area contributed by atoms with Crippen LogP contribution in [0.15, 0.2) is 24.3 Å². The third-order valence-corrected chi connectivity index (χ3v) is 3.01. The van der Waals surface area contributed by atoms with Crippen molar-refractivity contribution in [2.75, 3.05) is 18.5 Å². The van der Waals surface area contributed by atoms with Gasteiger partial charge in [-0.05, 0) is 12.1 Å². The van der Waals surface area contributed by atoms with Crippen LogP contribution < -0.4 is 5.32 Å². The lowest BCUT2D eigenvalue weighted by molar-refractivity contribution is -0.142. The molecule has 1 aliphatic rings. The Hall–Kier alpha value is -1.26. The number of nitrogens with one attached hydrogen (secondary N) is 1.